The highest BCUT2D eigenvalue weighted by atomic mass is 16.3. The van der Waals surface area contributed by atoms with Gasteiger partial charge in [-0.3, -0.25) is 0 Å². The second kappa shape index (κ2) is 7.93. The summed E-state index contributed by atoms with van der Waals surface area (Å²) in [6.45, 7) is 17.3. The Labute approximate surface area is 187 Å². The van der Waals surface area contributed by atoms with Gasteiger partial charge in [-0.15, -0.1) is 0 Å². The van der Waals surface area contributed by atoms with Crippen LogP contribution in [0.25, 0.3) is 0 Å². The van der Waals surface area contributed by atoms with Crippen molar-refractivity contribution >= 4 is 0 Å². The van der Waals surface area contributed by atoms with Gasteiger partial charge in [0.1, 0.15) is 0 Å². The third-order valence-electron chi connectivity index (χ3n) is 11.1. The summed E-state index contributed by atoms with van der Waals surface area (Å²) in [6, 6.07) is 0. The van der Waals surface area contributed by atoms with Crippen molar-refractivity contribution in [3.63, 3.8) is 0 Å². The molecule has 0 aromatic rings. The summed E-state index contributed by atoms with van der Waals surface area (Å²) in [5.41, 5.74) is 4.73. The van der Waals surface area contributed by atoms with Crippen LogP contribution in [0, 0.1) is 45.8 Å². The molecular weight excluding hydrogens is 364 g/mol. The fourth-order valence-corrected chi connectivity index (χ4v) is 9.31. The largest absolute Gasteiger partial charge is 0.393 e. The monoisotopic (exact) mass is 414 g/mol. The van der Waals surface area contributed by atoms with E-state index in [-0.39, 0.29) is 11.5 Å². The van der Waals surface area contributed by atoms with E-state index in [2.05, 4.69) is 48.5 Å². The van der Waals surface area contributed by atoms with Gasteiger partial charge in [0.15, 0.2) is 0 Å². The summed E-state index contributed by atoms with van der Waals surface area (Å²) in [5, 5.41) is 10.8. The van der Waals surface area contributed by atoms with Gasteiger partial charge in [0.05, 0.1) is 6.10 Å². The fourth-order valence-electron chi connectivity index (χ4n) is 9.31. The molecule has 0 amide bonds. The van der Waals surface area contributed by atoms with Crippen LogP contribution in [0.3, 0.4) is 0 Å². The Morgan fingerprint density at radius 1 is 0.900 bits per heavy atom. The SMILES string of the molecule is CC(C)CCC[C@@H](C)[C@H]1CC[C@H]2C3=C(CC[C@]12C)[C@@]1(C)CC[C@H](O)C(C)(C)C1CC3. The van der Waals surface area contributed by atoms with Gasteiger partial charge in [0.2, 0.25) is 0 Å². The highest BCUT2D eigenvalue weighted by molar-refractivity contribution is 5.35. The predicted molar refractivity (Wildman–Crippen MR) is 128 cm³/mol. The Hall–Kier alpha value is -0.300. The first-order chi connectivity index (χ1) is 14.0. The molecule has 0 heterocycles. The molecule has 0 aliphatic heterocycles. The quantitative estimate of drug-likeness (QED) is 0.450. The second-order valence-electron chi connectivity index (χ2n) is 13.4. The molecule has 4 rings (SSSR count). The van der Waals surface area contributed by atoms with E-state index >= 15 is 0 Å². The van der Waals surface area contributed by atoms with E-state index in [4.69, 9.17) is 0 Å². The van der Waals surface area contributed by atoms with Crippen LogP contribution >= 0.6 is 0 Å². The minimum Gasteiger partial charge on any atom is -0.393 e. The van der Waals surface area contributed by atoms with E-state index in [1.165, 1.54) is 64.2 Å². The Kier molecular flexibility index (Phi) is 6.05. The Balaban J connectivity index is 1.57. The smallest absolute Gasteiger partial charge is 0.0594 e. The summed E-state index contributed by atoms with van der Waals surface area (Å²) in [4.78, 5) is 0. The minimum absolute atomic E-state index is 0.0649. The first-order valence-electron chi connectivity index (χ1n) is 13.4. The average molecular weight is 415 g/mol. The van der Waals surface area contributed by atoms with Crippen molar-refractivity contribution in [2.24, 2.45) is 45.8 Å². The summed E-state index contributed by atoms with van der Waals surface area (Å²) >= 11 is 0. The Morgan fingerprint density at radius 2 is 1.63 bits per heavy atom. The normalized spacial score (nSPS) is 43.9. The molecule has 0 aromatic heterocycles. The highest BCUT2D eigenvalue weighted by Gasteiger charge is 2.59. The second-order valence-corrected chi connectivity index (χ2v) is 13.4. The van der Waals surface area contributed by atoms with E-state index in [1.807, 2.05) is 11.1 Å². The van der Waals surface area contributed by atoms with Crippen LogP contribution in [-0.4, -0.2) is 11.2 Å². The van der Waals surface area contributed by atoms with Gasteiger partial charge in [0, 0.05) is 0 Å². The van der Waals surface area contributed by atoms with Crippen LogP contribution in [0.5, 0.6) is 0 Å². The molecule has 0 spiro atoms. The topological polar surface area (TPSA) is 20.2 Å². The maximum atomic E-state index is 10.8. The zero-order valence-corrected chi connectivity index (χ0v) is 21.2. The molecule has 1 nitrogen and oxygen atoms in total. The van der Waals surface area contributed by atoms with Crippen molar-refractivity contribution in [3.8, 4) is 0 Å². The van der Waals surface area contributed by atoms with Crippen molar-refractivity contribution in [2.75, 3.05) is 0 Å². The molecular formula is C29H50O. The molecule has 1 unspecified atom stereocenters. The van der Waals surface area contributed by atoms with Crippen molar-refractivity contribution in [1.82, 2.24) is 0 Å². The number of aliphatic hydroxyl groups is 1. The van der Waals surface area contributed by atoms with Gasteiger partial charge in [0.25, 0.3) is 0 Å². The first kappa shape index (κ1) is 22.9. The van der Waals surface area contributed by atoms with Crippen LogP contribution in [0.4, 0.5) is 0 Å². The number of aliphatic hydroxyl groups excluding tert-OH is 1. The van der Waals surface area contributed by atoms with Gasteiger partial charge in [-0.1, -0.05) is 78.9 Å². The van der Waals surface area contributed by atoms with Gasteiger partial charge in [-0.2, -0.15) is 0 Å². The summed E-state index contributed by atoms with van der Waals surface area (Å²) in [5.74, 6) is 4.17. The number of hydrogen-bond acceptors (Lipinski definition) is 1. The zero-order chi connectivity index (χ0) is 21.9. The third kappa shape index (κ3) is 3.45. The van der Waals surface area contributed by atoms with Crippen molar-refractivity contribution < 1.29 is 5.11 Å². The van der Waals surface area contributed by atoms with E-state index in [0.717, 1.165) is 30.1 Å². The standard InChI is InChI=1S/C29H50O/c1-19(2)9-8-10-20(3)22-12-13-23-21-11-14-25-27(4,5)26(30)16-18-29(25,7)24(21)15-17-28(22,23)6/h19-20,22-23,25-26,30H,8-18H2,1-7H3/t20-,22-,23+,25?,26+,28-,29-/m1/s1. The maximum Gasteiger partial charge on any atom is 0.0594 e. The van der Waals surface area contributed by atoms with Crippen molar-refractivity contribution in [3.05, 3.63) is 11.1 Å². The zero-order valence-electron chi connectivity index (χ0n) is 21.2. The lowest BCUT2D eigenvalue weighted by Crippen LogP contribution is -2.53. The van der Waals surface area contributed by atoms with Gasteiger partial charge in [-0.25, -0.2) is 0 Å². The molecule has 7 atom stereocenters. The van der Waals surface area contributed by atoms with Crippen LogP contribution in [-0.2, 0) is 0 Å². The molecule has 172 valence electrons. The molecule has 0 saturated heterocycles. The van der Waals surface area contributed by atoms with Crippen molar-refractivity contribution in [1.29, 1.82) is 0 Å². The molecule has 2 fully saturated rings. The fraction of sp³-hybridized carbons (Fsp3) is 0.931. The molecule has 0 radical (unpaired) electrons. The molecule has 0 bridgehead atoms. The van der Waals surface area contributed by atoms with E-state index in [1.54, 1.807) is 0 Å². The van der Waals surface area contributed by atoms with Crippen molar-refractivity contribution in [2.45, 2.75) is 125 Å². The molecule has 4 aliphatic rings. The number of hydrogen-bond donors (Lipinski definition) is 1. The van der Waals surface area contributed by atoms with Gasteiger partial charge >= 0.3 is 0 Å². The van der Waals surface area contributed by atoms with Crippen LogP contribution < -0.4 is 0 Å². The Morgan fingerprint density at radius 3 is 2.33 bits per heavy atom. The minimum atomic E-state index is -0.117. The van der Waals surface area contributed by atoms with Gasteiger partial charge in [-0.05, 0) is 97.2 Å². The summed E-state index contributed by atoms with van der Waals surface area (Å²) in [7, 11) is 0. The summed E-state index contributed by atoms with van der Waals surface area (Å²) < 4.78 is 0. The molecule has 30 heavy (non-hydrogen) atoms. The number of rotatable bonds is 5. The number of fused-ring (bicyclic) bond motifs is 4. The van der Waals surface area contributed by atoms with E-state index in [0.29, 0.717) is 16.7 Å². The predicted octanol–water partition coefficient (Wildman–Crippen LogP) is 8.17. The van der Waals surface area contributed by atoms with E-state index in [9.17, 15) is 5.11 Å². The highest BCUT2D eigenvalue weighted by Crippen LogP contribution is 2.68. The van der Waals surface area contributed by atoms with E-state index < -0.39 is 0 Å². The average Bonchev–Trinajstić information content (AvgIpc) is 3.02. The number of allylic oxidation sites excluding steroid dienone is 2. The maximum absolute atomic E-state index is 10.8. The first-order valence-corrected chi connectivity index (χ1v) is 13.4. The third-order valence-corrected chi connectivity index (χ3v) is 11.1. The molecule has 4 aliphatic carbocycles. The Bertz CT molecular complexity index is 672. The molecule has 1 heteroatoms. The van der Waals surface area contributed by atoms with Crippen LogP contribution in [0.2, 0.25) is 0 Å². The van der Waals surface area contributed by atoms with Crippen LogP contribution in [0.15, 0.2) is 11.1 Å². The lowest BCUT2D eigenvalue weighted by molar-refractivity contribution is -0.0931. The molecule has 2 saturated carbocycles. The lowest BCUT2D eigenvalue weighted by atomic mass is 9.46. The molecule has 0 aromatic carbocycles. The molecule has 1 N–H and O–H groups in total. The van der Waals surface area contributed by atoms with Crippen LogP contribution in [0.1, 0.15) is 119 Å². The summed E-state index contributed by atoms with van der Waals surface area (Å²) in [6.07, 6.45) is 14.6. The van der Waals surface area contributed by atoms with Gasteiger partial charge < -0.3 is 5.11 Å². The lowest BCUT2D eigenvalue weighted by Gasteiger charge is -2.60.